The van der Waals surface area contributed by atoms with Crippen molar-refractivity contribution in [1.29, 1.82) is 5.26 Å². The Bertz CT molecular complexity index is 375. The Morgan fingerprint density at radius 3 is 2.90 bits per heavy atom. The minimum Gasteiger partial charge on any atom is -0.299 e. The second kappa shape index (κ2) is 6.03. The van der Waals surface area contributed by atoms with Gasteiger partial charge in [0.1, 0.15) is 5.54 Å². The van der Waals surface area contributed by atoms with Crippen LogP contribution >= 0.6 is 0 Å². The topological polar surface area (TPSA) is 39.1 Å². The van der Waals surface area contributed by atoms with Crippen LogP contribution in [-0.4, -0.2) is 35.6 Å². The molecule has 2 saturated carbocycles. The van der Waals surface area contributed by atoms with Crippen LogP contribution in [0.25, 0.3) is 0 Å². The van der Waals surface area contributed by atoms with Gasteiger partial charge in [0.25, 0.3) is 0 Å². The summed E-state index contributed by atoms with van der Waals surface area (Å²) in [4.78, 5) is 2.80. The first-order valence-corrected chi connectivity index (χ1v) is 8.70. The number of fused-ring (bicyclic) bond motifs is 1. The van der Waals surface area contributed by atoms with Crippen molar-refractivity contribution in [2.24, 2.45) is 5.92 Å². The van der Waals surface area contributed by atoms with Crippen LogP contribution in [0.4, 0.5) is 0 Å². The molecule has 1 N–H and O–H groups in total. The lowest BCUT2D eigenvalue weighted by atomic mass is 9.90. The fourth-order valence-electron chi connectivity index (χ4n) is 4.91. The Balaban J connectivity index is 1.65. The maximum absolute atomic E-state index is 9.62. The van der Waals surface area contributed by atoms with E-state index in [4.69, 9.17) is 0 Å². The molecule has 0 aromatic heterocycles. The van der Waals surface area contributed by atoms with E-state index >= 15 is 0 Å². The normalized spacial score (nSPS) is 41.5. The average Bonchev–Trinajstić information content (AvgIpc) is 3.12. The molecule has 2 aliphatic carbocycles. The molecule has 3 aliphatic rings. The van der Waals surface area contributed by atoms with Crippen LogP contribution in [0.15, 0.2) is 0 Å². The fourth-order valence-corrected chi connectivity index (χ4v) is 4.91. The maximum Gasteiger partial charge on any atom is 0.108 e. The molecule has 112 valence electrons. The molecule has 0 spiro atoms. The maximum atomic E-state index is 9.62. The lowest BCUT2D eigenvalue weighted by Crippen LogP contribution is -2.49. The lowest BCUT2D eigenvalue weighted by molar-refractivity contribution is 0.0674. The van der Waals surface area contributed by atoms with E-state index in [1.54, 1.807) is 0 Å². The van der Waals surface area contributed by atoms with E-state index in [-0.39, 0.29) is 5.54 Å². The molecule has 4 unspecified atom stereocenters. The fraction of sp³-hybridized carbons (Fsp3) is 0.941. The van der Waals surface area contributed by atoms with Gasteiger partial charge >= 0.3 is 0 Å². The van der Waals surface area contributed by atoms with E-state index in [2.05, 4.69) is 23.2 Å². The highest BCUT2D eigenvalue weighted by atomic mass is 15.2. The third-order valence-electron chi connectivity index (χ3n) is 5.92. The first kappa shape index (κ1) is 14.4. The van der Waals surface area contributed by atoms with Gasteiger partial charge in [0.2, 0.25) is 0 Å². The summed E-state index contributed by atoms with van der Waals surface area (Å²) in [6.45, 7) is 4.44. The van der Waals surface area contributed by atoms with Gasteiger partial charge in [-0.05, 0) is 70.4 Å². The van der Waals surface area contributed by atoms with E-state index in [1.165, 1.54) is 45.1 Å². The van der Waals surface area contributed by atoms with Crippen LogP contribution in [0.5, 0.6) is 0 Å². The molecule has 3 rings (SSSR count). The summed E-state index contributed by atoms with van der Waals surface area (Å²) in [5.74, 6) is 0.962. The highest BCUT2D eigenvalue weighted by Crippen LogP contribution is 2.42. The molecule has 0 radical (unpaired) electrons. The zero-order valence-electron chi connectivity index (χ0n) is 12.9. The van der Waals surface area contributed by atoms with Gasteiger partial charge in [0.15, 0.2) is 0 Å². The SMILES string of the molecule is CCCNC1(C#N)CCC(N2CCCC3CCCC32)C1. The second-order valence-corrected chi connectivity index (χ2v) is 7.16. The smallest absolute Gasteiger partial charge is 0.108 e. The third kappa shape index (κ3) is 2.61. The number of likely N-dealkylation sites (tertiary alicyclic amines) is 1. The quantitative estimate of drug-likeness (QED) is 0.857. The van der Waals surface area contributed by atoms with Gasteiger partial charge in [-0.15, -0.1) is 0 Å². The molecule has 0 aromatic carbocycles. The minimum atomic E-state index is -0.230. The third-order valence-corrected chi connectivity index (χ3v) is 5.92. The Labute approximate surface area is 123 Å². The Kier molecular flexibility index (Phi) is 4.33. The molecule has 0 amide bonds. The highest BCUT2D eigenvalue weighted by Gasteiger charge is 2.45. The number of hydrogen-bond donors (Lipinski definition) is 1. The zero-order valence-corrected chi connectivity index (χ0v) is 12.9. The van der Waals surface area contributed by atoms with Crippen LogP contribution in [0.1, 0.15) is 64.7 Å². The van der Waals surface area contributed by atoms with Crippen LogP contribution in [0, 0.1) is 17.2 Å². The number of hydrogen-bond acceptors (Lipinski definition) is 3. The molecular formula is C17H29N3. The summed E-state index contributed by atoms with van der Waals surface area (Å²) in [7, 11) is 0. The van der Waals surface area contributed by atoms with E-state index in [0.29, 0.717) is 6.04 Å². The van der Waals surface area contributed by atoms with Crippen LogP contribution < -0.4 is 5.32 Å². The first-order valence-electron chi connectivity index (χ1n) is 8.70. The van der Waals surface area contributed by atoms with Crippen LogP contribution in [-0.2, 0) is 0 Å². The number of nitrogens with zero attached hydrogens (tertiary/aromatic N) is 2. The Morgan fingerprint density at radius 1 is 1.25 bits per heavy atom. The molecule has 1 saturated heterocycles. The van der Waals surface area contributed by atoms with Crippen molar-refractivity contribution in [3.63, 3.8) is 0 Å². The highest BCUT2D eigenvalue weighted by molar-refractivity contribution is 5.14. The molecule has 3 fully saturated rings. The largest absolute Gasteiger partial charge is 0.299 e. The standard InChI is InChI=1S/C17H29N3/c1-2-10-19-17(13-18)9-8-15(12-17)20-11-4-6-14-5-3-7-16(14)20/h14-16,19H,2-12H2,1H3. The van der Waals surface area contributed by atoms with E-state index in [1.807, 2.05) is 0 Å². The molecule has 3 heteroatoms. The summed E-state index contributed by atoms with van der Waals surface area (Å²) < 4.78 is 0. The number of nitrogens with one attached hydrogen (secondary N) is 1. The van der Waals surface area contributed by atoms with E-state index < -0.39 is 0 Å². The summed E-state index contributed by atoms with van der Waals surface area (Å²) in [5.41, 5.74) is -0.230. The molecule has 4 atom stereocenters. The molecule has 0 aromatic rings. The van der Waals surface area contributed by atoms with Crippen molar-refractivity contribution < 1.29 is 0 Å². The molecule has 0 bridgehead atoms. The Morgan fingerprint density at radius 2 is 2.10 bits per heavy atom. The van der Waals surface area contributed by atoms with Crippen molar-refractivity contribution in [2.45, 2.75) is 82.3 Å². The van der Waals surface area contributed by atoms with Gasteiger partial charge in [0, 0.05) is 12.1 Å². The van der Waals surface area contributed by atoms with Crippen molar-refractivity contribution in [1.82, 2.24) is 10.2 Å². The van der Waals surface area contributed by atoms with Crippen LogP contribution in [0.3, 0.4) is 0 Å². The summed E-state index contributed by atoms with van der Waals surface area (Å²) in [5, 5.41) is 13.2. The summed E-state index contributed by atoms with van der Waals surface area (Å²) in [6, 6.07) is 4.10. The predicted octanol–water partition coefficient (Wildman–Crippen LogP) is 3.07. The van der Waals surface area contributed by atoms with Gasteiger partial charge in [-0.3, -0.25) is 10.2 Å². The van der Waals surface area contributed by atoms with E-state index in [0.717, 1.165) is 37.8 Å². The summed E-state index contributed by atoms with van der Waals surface area (Å²) >= 11 is 0. The van der Waals surface area contributed by atoms with Gasteiger partial charge in [0.05, 0.1) is 6.07 Å². The monoisotopic (exact) mass is 275 g/mol. The minimum absolute atomic E-state index is 0.230. The van der Waals surface area contributed by atoms with Gasteiger partial charge in [-0.2, -0.15) is 5.26 Å². The number of piperidine rings is 1. The predicted molar refractivity (Wildman–Crippen MR) is 81.3 cm³/mol. The summed E-state index contributed by atoms with van der Waals surface area (Å²) in [6.07, 6.45) is 11.5. The van der Waals surface area contributed by atoms with Gasteiger partial charge in [-0.1, -0.05) is 13.3 Å². The molecule has 1 aliphatic heterocycles. The number of nitriles is 1. The first-order chi connectivity index (χ1) is 9.78. The van der Waals surface area contributed by atoms with Crippen molar-refractivity contribution >= 4 is 0 Å². The number of rotatable bonds is 4. The van der Waals surface area contributed by atoms with E-state index in [9.17, 15) is 5.26 Å². The van der Waals surface area contributed by atoms with Crippen molar-refractivity contribution in [3.05, 3.63) is 0 Å². The second-order valence-electron chi connectivity index (χ2n) is 7.16. The lowest BCUT2D eigenvalue weighted by Gasteiger charge is -2.42. The average molecular weight is 275 g/mol. The zero-order chi connectivity index (χ0) is 14.0. The van der Waals surface area contributed by atoms with Crippen molar-refractivity contribution in [3.8, 4) is 6.07 Å². The van der Waals surface area contributed by atoms with Crippen LogP contribution in [0.2, 0.25) is 0 Å². The molecule has 1 heterocycles. The molecule has 3 nitrogen and oxygen atoms in total. The molecular weight excluding hydrogens is 246 g/mol. The molecule has 20 heavy (non-hydrogen) atoms. The Hall–Kier alpha value is -0.590. The van der Waals surface area contributed by atoms with Crippen molar-refractivity contribution in [2.75, 3.05) is 13.1 Å². The van der Waals surface area contributed by atoms with Gasteiger partial charge < -0.3 is 0 Å². The van der Waals surface area contributed by atoms with Gasteiger partial charge in [-0.25, -0.2) is 0 Å².